The van der Waals surface area contributed by atoms with E-state index in [1.54, 1.807) is 7.05 Å². The van der Waals surface area contributed by atoms with Crippen LogP contribution >= 0.6 is 0 Å². The van der Waals surface area contributed by atoms with Crippen LogP contribution in [0.2, 0.25) is 0 Å². The summed E-state index contributed by atoms with van der Waals surface area (Å²) in [6.45, 7) is 0. The van der Waals surface area contributed by atoms with Gasteiger partial charge >= 0.3 is 0 Å². The van der Waals surface area contributed by atoms with E-state index in [0.29, 0.717) is 6.42 Å². The number of rotatable bonds is 4. The van der Waals surface area contributed by atoms with Gasteiger partial charge in [-0.1, -0.05) is 43.2 Å². The van der Waals surface area contributed by atoms with Crippen molar-refractivity contribution < 1.29 is 0 Å². The lowest BCUT2D eigenvalue weighted by Gasteiger charge is -2.35. The number of tetrazole rings is 1. The van der Waals surface area contributed by atoms with Crippen molar-refractivity contribution in [3.63, 3.8) is 0 Å². The third-order valence-electron chi connectivity index (χ3n) is 4.51. The van der Waals surface area contributed by atoms with Crippen LogP contribution in [-0.2, 0) is 18.9 Å². The highest BCUT2D eigenvalue weighted by Gasteiger charge is 2.41. The van der Waals surface area contributed by atoms with Gasteiger partial charge in [-0.2, -0.15) is 4.80 Å². The van der Waals surface area contributed by atoms with Gasteiger partial charge in [-0.05, 0) is 23.6 Å². The second-order valence-electron chi connectivity index (χ2n) is 5.74. The van der Waals surface area contributed by atoms with Crippen molar-refractivity contribution in [2.45, 2.75) is 43.6 Å². The number of hydrogen-bond donors (Lipinski definition) is 1. The Morgan fingerprint density at radius 3 is 2.55 bits per heavy atom. The zero-order valence-corrected chi connectivity index (χ0v) is 11.9. The van der Waals surface area contributed by atoms with Crippen LogP contribution in [0.1, 0.15) is 37.1 Å². The highest BCUT2D eigenvalue weighted by Crippen LogP contribution is 2.43. The summed E-state index contributed by atoms with van der Waals surface area (Å²) < 4.78 is 0. The summed E-state index contributed by atoms with van der Waals surface area (Å²) >= 11 is 0. The van der Waals surface area contributed by atoms with Gasteiger partial charge in [-0.3, -0.25) is 0 Å². The molecule has 1 unspecified atom stereocenters. The largest absolute Gasteiger partial charge is 0.326 e. The number of nitrogens with zero attached hydrogens (tertiary/aromatic N) is 4. The molecule has 20 heavy (non-hydrogen) atoms. The minimum atomic E-state index is 0.0385. The first-order chi connectivity index (χ1) is 9.71. The van der Waals surface area contributed by atoms with Crippen LogP contribution in [0.4, 0.5) is 0 Å². The van der Waals surface area contributed by atoms with Crippen LogP contribution in [0.15, 0.2) is 30.3 Å². The summed E-state index contributed by atoms with van der Waals surface area (Å²) in [5, 5.41) is 12.2. The quantitative estimate of drug-likeness (QED) is 0.917. The fourth-order valence-electron chi connectivity index (χ4n) is 3.45. The Hall–Kier alpha value is -1.75. The molecule has 1 atom stereocenters. The zero-order chi connectivity index (χ0) is 14.0. The molecule has 0 aliphatic heterocycles. The van der Waals surface area contributed by atoms with Gasteiger partial charge < -0.3 is 5.73 Å². The molecule has 1 heterocycles. The molecule has 106 valence electrons. The topological polar surface area (TPSA) is 69.6 Å². The third-order valence-corrected chi connectivity index (χ3v) is 4.51. The minimum absolute atomic E-state index is 0.0385. The Bertz CT molecular complexity index is 557. The van der Waals surface area contributed by atoms with Crippen molar-refractivity contribution in [1.82, 2.24) is 20.2 Å². The summed E-state index contributed by atoms with van der Waals surface area (Å²) in [5.41, 5.74) is 8.00. The number of benzene rings is 1. The Kier molecular flexibility index (Phi) is 3.53. The van der Waals surface area contributed by atoms with Crippen LogP contribution < -0.4 is 5.73 Å². The van der Waals surface area contributed by atoms with E-state index in [-0.39, 0.29) is 11.5 Å². The highest BCUT2D eigenvalue weighted by molar-refractivity contribution is 5.29. The van der Waals surface area contributed by atoms with Gasteiger partial charge in [0.15, 0.2) is 5.82 Å². The maximum atomic E-state index is 6.57. The molecule has 1 fully saturated rings. The van der Waals surface area contributed by atoms with Crippen LogP contribution in [0.25, 0.3) is 0 Å². The zero-order valence-electron chi connectivity index (χ0n) is 11.9. The normalized spacial score (nSPS) is 19.1. The smallest absolute Gasteiger partial charge is 0.176 e. The van der Waals surface area contributed by atoms with Crippen molar-refractivity contribution in [3.8, 4) is 0 Å². The molecule has 2 aromatic rings. The number of aryl methyl sites for hydroxylation is 1. The highest BCUT2D eigenvalue weighted by atomic mass is 15.6. The summed E-state index contributed by atoms with van der Waals surface area (Å²) in [6.07, 6.45) is 5.48. The van der Waals surface area contributed by atoms with Crippen LogP contribution in [0.3, 0.4) is 0 Å². The second-order valence-corrected chi connectivity index (χ2v) is 5.74. The van der Waals surface area contributed by atoms with Crippen LogP contribution in [-0.4, -0.2) is 26.2 Å². The Morgan fingerprint density at radius 2 is 1.95 bits per heavy atom. The molecule has 5 nitrogen and oxygen atoms in total. The summed E-state index contributed by atoms with van der Waals surface area (Å²) in [4.78, 5) is 1.49. The standard InChI is InChI=1S/C15H21N5/c1-20-18-14(17-19-20)11-13(16)15(9-5-6-10-15)12-7-3-2-4-8-12/h2-4,7-8,13H,5-6,9-11,16H2,1H3. The Balaban J connectivity index is 1.87. The lowest BCUT2D eigenvalue weighted by atomic mass is 9.72. The van der Waals surface area contributed by atoms with Crippen molar-refractivity contribution in [1.29, 1.82) is 0 Å². The van der Waals surface area contributed by atoms with Gasteiger partial charge in [0.2, 0.25) is 0 Å². The fraction of sp³-hybridized carbons (Fsp3) is 0.533. The summed E-state index contributed by atoms with van der Waals surface area (Å²) in [7, 11) is 1.78. The number of hydrogen-bond acceptors (Lipinski definition) is 4. The van der Waals surface area contributed by atoms with Crippen molar-refractivity contribution in [2.24, 2.45) is 12.8 Å². The first kappa shape index (κ1) is 13.2. The van der Waals surface area contributed by atoms with Gasteiger partial charge in [-0.15, -0.1) is 10.2 Å². The number of nitrogens with two attached hydrogens (primary N) is 1. The van der Waals surface area contributed by atoms with E-state index in [1.807, 2.05) is 0 Å². The van der Waals surface area contributed by atoms with E-state index in [2.05, 4.69) is 45.7 Å². The van der Waals surface area contributed by atoms with Crippen molar-refractivity contribution in [2.75, 3.05) is 0 Å². The van der Waals surface area contributed by atoms with Gasteiger partial charge in [-0.25, -0.2) is 0 Å². The minimum Gasteiger partial charge on any atom is -0.326 e. The van der Waals surface area contributed by atoms with Crippen LogP contribution in [0.5, 0.6) is 0 Å². The van der Waals surface area contributed by atoms with Gasteiger partial charge in [0.25, 0.3) is 0 Å². The monoisotopic (exact) mass is 271 g/mol. The maximum Gasteiger partial charge on any atom is 0.176 e. The second kappa shape index (κ2) is 5.32. The molecule has 1 aromatic heterocycles. The molecule has 3 rings (SSSR count). The van der Waals surface area contributed by atoms with Crippen molar-refractivity contribution >= 4 is 0 Å². The molecule has 1 aliphatic carbocycles. The molecular formula is C15H21N5. The molecule has 0 bridgehead atoms. The average Bonchev–Trinajstić information content (AvgIpc) is 3.10. The predicted octanol–water partition coefficient (Wildman–Crippen LogP) is 1.59. The molecule has 0 saturated heterocycles. The molecular weight excluding hydrogens is 250 g/mol. The van der Waals surface area contributed by atoms with Gasteiger partial charge in [0.1, 0.15) is 0 Å². The fourth-order valence-corrected chi connectivity index (χ4v) is 3.45. The van der Waals surface area contributed by atoms with E-state index < -0.39 is 0 Å². The third kappa shape index (κ3) is 2.33. The van der Waals surface area contributed by atoms with E-state index in [9.17, 15) is 0 Å². The van der Waals surface area contributed by atoms with Crippen molar-refractivity contribution in [3.05, 3.63) is 41.7 Å². The van der Waals surface area contributed by atoms with Gasteiger partial charge in [0.05, 0.1) is 7.05 Å². The van der Waals surface area contributed by atoms with Gasteiger partial charge in [0, 0.05) is 17.9 Å². The number of aromatic nitrogens is 4. The molecule has 0 amide bonds. The van der Waals surface area contributed by atoms with Crippen LogP contribution in [0, 0.1) is 0 Å². The van der Waals surface area contributed by atoms with E-state index in [1.165, 1.54) is 23.2 Å². The average molecular weight is 271 g/mol. The molecule has 1 aromatic carbocycles. The summed E-state index contributed by atoms with van der Waals surface area (Å²) in [6, 6.07) is 10.7. The first-order valence-electron chi connectivity index (χ1n) is 7.25. The van der Waals surface area contributed by atoms with E-state index >= 15 is 0 Å². The molecule has 2 N–H and O–H groups in total. The predicted molar refractivity (Wildman–Crippen MR) is 77.1 cm³/mol. The maximum absolute atomic E-state index is 6.57. The Morgan fingerprint density at radius 1 is 1.25 bits per heavy atom. The molecule has 5 heteroatoms. The Labute approximate surface area is 119 Å². The lowest BCUT2D eigenvalue weighted by Crippen LogP contribution is -2.45. The molecule has 0 radical (unpaired) electrons. The van der Waals surface area contributed by atoms with E-state index in [0.717, 1.165) is 18.7 Å². The van der Waals surface area contributed by atoms with E-state index in [4.69, 9.17) is 5.73 Å². The summed E-state index contributed by atoms with van der Waals surface area (Å²) in [5.74, 6) is 0.738. The lowest BCUT2D eigenvalue weighted by molar-refractivity contribution is 0.343. The molecule has 1 aliphatic rings. The molecule has 1 saturated carbocycles. The first-order valence-corrected chi connectivity index (χ1v) is 7.25. The SMILES string of the molecule is Cn1nnc(CC(N)C2(c3ccccc3)CCCC2)n1. The molecule has 0 spiro atoms.